The fourth-order valence-electron chi connectivity index (χ4n) is 3.07. The van der Waals surface area contributed by atoms with Crippen molar-refractivity contribution in [2.24, 2.45) is 0 Å². The minimum atomic E-state index is 0.639. The fourth-order valence-corrected chi connectivity index (χ4v) is 3.07. The number of benzene rings is 1. The van der Waals surface area contributed by atoms with Gasteiger partial charge in [0.25, 0.3) is 0 Å². The number of furan rings is 1. The predicted molar refractivity (Wildman–Crippen MR) is 84.5 cm³/mol. The van der Waals surface area contributed by atoms with Crippen molar-refractivity contribution >= 4 is 11.6 Å². The summed E-state index contributed by atoms with van der Waals surface area (Å²) in [5.74, 6) is 1.41. The van der Waals surface area contributed by atoms with Crippen LogP contribution in [0.15, 0.2) is 47.1 Å². The molecule has 21 heavy (non-hydrogen) atoms. The third kappa shape index (κ3) is 3.25. The zero-order chi connectivity index (χ0) is 14.5. The molecule has 1 saturated carbocycles. The molecule has 0 atom stereocenters. The maximum Gasteiger partial charge on any atom is 0.127 e. The molecule has 0 saturated heterocycles. The number of hydrogen-bond acceptors (Lipinski definition) is 2. The molecule has 1 aliphatic rings. The molecule has 2 nitrogen and oxygen atoms in total. The van der Waals surface area contributed by atoms with E-state index in [0.717, 1.165) is 5.56 Å². The third-order valence-corrected chi connectivity index (χ3v) is 4.25. The molecule has 0 aliphatic heterocycles. The van der Waals surface area contributed by atoms with Crippen LogP contribution in [0.4, 0.5) is 0 Å². The average molecular weight is 277 g/mol. The summed E-state index contributed by atoms with van der Waals surface area (Å²) in [6.45, 7) is 0. The molecule has 0 spiro atoms. The van der Waals surface area contributed by atoms with Gasteiger partial charge < -0.3 is 4.42 Å². The molecular weight excluding hydrogens is 258 g/mol. The molecule has 1 fully saturated rings. The Morgan fingerprint density at radius 2 is 1.86 bits per heavy atom. The van der Waals surface area contributed by atoms with Gasteiger partial charge in [-0.25, -0.2) is 0 Å². The molecule has 106 valence electrons. The van der Waals surface area contributed by atoms with Gasteiger partial charge in [-0.2, -0.15) is 5.26 Å². The van der Waals surface area contributed by atoms with Crippen LogP contribution in [0.1, 0.15) is 54.9 Å². The summed E-state index contributed by atoms with van der Waals surface area (Å²) in [6.07, 6.45) is 10.1. The largest absolute Gasteiger partial charge is 0.465 e. The van der Waals surface area contributed by atoms with Gasteiger partial charge in [0.05, 0.1) is 17.9 Å². The highest BCUT2D eigenvalue weighted by atomic mass is 16.3. The second-order valence-electron chi connectivity index (χ2n) is 5.64. The molecule has 2 aromatic rings. The minimum absolute atomic E-state index is 0.639. The molecule has 2 heteroatoms. The second kappa shape index (κ2) is 6.45. The topological polar surface area (TPSA) is 36.9 Å². The van der Waals surface area contributed by atoms with Crippen LogP contribution < -0.4 is 0 Å². The monoisotopic (exact) mass is 277 g/mol. The van der Waals surface area contributed by atoms with E-state index in [1.54, 1.807) is 12.3 Å². The lowest BCUT2D eigenvalue weighted by Crippen LogP contribution is -2.04. The number of nitriles is 1. The maximum atomic E-state index is 9.34. The molecule has 1 aromatic heterocycles. The van der Waals surface area contributed by atoms with Crippen LogP contribution in [-0.2, 0) is 0 Å². The zero-order valence-corrected chi connectivity index (χ0v) is 12.1. The highest BCUT2D eigenvalue weighted by molar-refractivity contribution is 5.88. The van der Waals surface area contributed by atoms with Crippen LogP contribution in [0.2, 0.25) is 0 Å². The van der Waals surface area contributed by atoms with Crippen LogP contribution in [0.3, 0.4) is 0 Å². The highest BCUT2D eigenvalue weighted by Gasteiger charge is 2.15. The molecule has 0 amide bonds. The van der Waals surface area contributed by atoms with Crippen LogP contribution in [0.5, 0.6) is 0 Å². The standard InChI is InChI=1S/C19H19NO/c20-14-18(13-19-7-4-12-21-19)17-10-8-16(9-11-17)15-5-2-1-3-6-15/h4,7-13,15H,1-3,5-6H2/b18-13-. The van der Waals surface area contributed by atoms with E-state index in [4.69, 9.17) is 4.42 Å². The van der Waals surface area contributed by atoms with E-state index < -0.39 is 0 Å². The molecule has 1 aromatic carbocycles. The van der Waals surface area contributed by atoms with Gasteiger partial charge in [0, 0.05) is 0 Å². The first-order valence-corrected chi connectivity index (χ1v) is 7.62. The van der Waals surface area contributed by atoms with Gasteiger partial charge in [-0.05, 0) is 48.1 Å². The van der Waals surface area contributed by atoms with E-state index in [1.165, 1.54) is 37.7 Å². The third-order valence-electron chi connectivity index (χ3n) is 4.25. The summed E-state index contributed by atoms with van der Waals surface area (Å²) in [6, 6.07) is 14.4. The molecule has 3 rings (SSSR count). The Labute approximate surface area is 125 Å². The van der Waals surface area contributed by atoms with Gasteiger partial charge in [0.2, 0.25) is 0 Å². The first-order valence-electron chi connectivity index (χ1n) is 7.62. The van der Waals surface area contributed by atoms with E-state index in [1.807, 2.05) is 12.1 Å². The first-order chi connectivity index (χ1) is 10.4. The maximum absolute atomic E-state index is 9.34. The Balaban J connectivity index is 1.81. The van der Waals surface area contributed by atoms with Gasteiger partial charge in [0.1, 0.15) is 5.76 Å². The number of nitrogens with zero attached hydrogens (tertiary/aromatic N) is 1. The van der Waals surface area contributed by atoms with Crippen molar-refractivity contribution in [2.75, 3.05) is 0 Å². The summed E-state index contributed by atoms with van der Waals surface area (Å²) in [4.78, 5) is 0. The summed E-state index contributed by atoms with van der Waals surface area (Å²) in [5, 5.41) is 9.34. The van der Waals surface area contributed by atoms with Gasteiger partial charge in [-0.3, -0.25) is 0 Å². The fraction of sp³-hybridized carbons (Fsp3) is 0.316. The Kier molecular flexibility index (Phi) is 4.21. The van der Waals surface area contributed by atoms with Crippen molar-refractivity contribution in [3.8, 4) is 6.07 Å². The predicted octanol–water partition coefficient (Wildman–Crippen LogP) is 5.39. The van der Waals surface area contributed by atoms with E-state index in [9.17, 15) is 5.26 Å². The smallest absolute Gasteiger partial charge is 0.127 e. The van der Waals surface area contributed by atoms with E-state index in [2.05, 4.69) is 30.3 Å². The Morgan fingerprint density at radius 3 is 2.48 bits per heavy atom. The summed E-state index contributed by atoms with van der Waals surface area (Å²) in [5.41, 5.74) is 3.00. The van der Waals surface area contributed by atoms with Crippen molar-refractivity contribution in [1.82, 2.24) is 0 Å². The Morgan fingerprint density at radius 1 is 1.10 bits per heavy atom. The zero-order valence-electron chi connectivity index (χ0n) is 12.1. The van der Waals surface area contributed by atoms with E-state index in [0.29, 0.717) is 17.3 Å². The van der Waals surface area contributed by atoms with Crippen molar-refractivity contribution in [3.63, 3.8) is 0 Å². The van der Waals surface area contributed by atoms with Crippen molar-refractivity contribution in [3.05, 3.63) is 59.5 Å². The lowest BCUT2D eigenvalue weighted by atomic mass is 9.84. The molecule has 0 unspecified atom stereocenters. The van der Waals surface area contributed by atoms with Crippen molar-refractivity contribution < 1.29 is 4.42 Å². The molecule has 0 N–H and O–H groups in total. The minimum Gasteiger partial charge on any atom is -0.465 e. The molecular formula is C19H19NO. The highest BCUT2D eigenvalue weighted by Crippen LogP contribution is 2.33. The second-order valence-corrected chi connectivity index (χ2v) is 5.64. The Bertz CT molecular complexity index is 638. The first kappa shape index (κ1) is 13.7. The number of hydrogen-bond donors (Lipinski definition) is 0. The van der Waals surface area contributed by atoms with Crippen molar-refractivity contribution in [1.29, 1.82) is 5.26 Å². The SMILES string of the molecule is N#C/C(=C/c1ccco1)c1ccc(C2CCCCC2)cc1. The van der Waals surface area contributed by atoms with E-state index >= 15 is 0 Å². The summed E-state index contributed by atoms with van der Waals surface area (Å²) in [7, 11) is 0. The number of allylic oxidation sites excluding steroid dienone is 1. The van der Waals surface area contributed by atoms with Gasteiger partial charge in [-0.1, -0.05) is 43.5 Å². The molecule has 0 bridgehead atoms. The van der Waals surface area contributed by atoms with Crippen LogP contribution in [0, 0.1) is 11.3 Å². The quantitative estimate of drug-likeness (QED) is 0.705. The normalized spacial score (nSPS) is 16.6. The lowest BCUT2D eigenvalue weighted by molar-refractivity contribution is 0.443. The summed E-state index contributed by atoms with van der Waals surface area (Å²) < 4.78 is 5.28. The summed E-state index contributed by atoms with van der Waals surface area (Å²) >= 11 is 0. The van der Waals surface area contributed by atoms with Crippen LogP contribution in [0.25, 0.3) is 11.6 Å². The van der Waals surface area contributed by atoms with Gasteiger partial charge in [0.15, 0.2) is 0 Å². The van der Waals surface area contributed by atoms with Gasteiger partial charge >= 0.3 is 0 Å². The average Bonchev–Trinajstić information content (AvgIpc) is 3.07. The van der Waals surface area contributed by atoms with Crippen molar-refractivity contribution in [2.45, 2.75) is 38.0 Å². The molecule has 1 heterocycles. The molecule has 1 aliphatic carbocycles. The Hall–Kier alpha value is -2.27. The van der Waals surface area contributed by atoms with Gasteiger partial charge in [-0.15, -0.1) is 0 Å². The van der Waals surface area contributed by atoms with Crippen LogP contribution >= 0.6 is 0 Å². The lowest BCUT2D eigenvalue weighted by Gasteiger charge is -2.22. The number of rotatable bonds is 3. The molecule has 0 radical (unpaired) electrons. The van der Waals surface area contributed by atoms with Crippen LogP contribution in [-0.4, -0.2) is 0 Å². The van der Waals surface area contributed by atoms with E-state index in [-0.39, 0.29) is 0 Å².